The molecule has 0 spiro atoms. The van der Waals surface area contributed by atoms with E-state index >= 15 is 0 Å². The molecule has 6 N–H and O–H groups in total. The Kier molecular flexibility index (Phi) is 28.0. The van der Waals surface area contributed by atoms with Crippen molar-refractivity contribution in [1.82, 2.24) is 41.0 Å². The Bertz CT molecular complexity index is 1960. The number of carbonyl (C=O) groups is 7. The number of likely N-dealkylation sites (N-methyl/N-ethyl adjacent to an activating group) is 2. The van der Waals surface area contributed by atoms with E-state index in [0.717, 1.165) is 17.0 Å². The Hall–Kier alpha value is -5.06. The smallest absolute Gasteiger partial charge is 0.243 e. The molecule has 0 bridgehead atoms. The van der Waals surface area contributed by atoms with Crippen LogP contribution in [0.3, 0.4) is 0 Å². The van der Waals surface area contributed by atoms with Gasteiger partial charge in [0.25, 0.3) is 0 Å². The minimum absolute atomic E-state index is 0.0229. The molecule has 1 aromatic carbocycles. The number of nitrogens with zero attached hydrogens (tertiary/aromatic N) is 4. The number of ether oxygens (including phenoxy) is 3. The summed E-state index contributed by atoms with van der Waals surface area (Å²) in [7, 11) is 6.31. The third-order valence-electron chi connectivity index (χ3n) is 13.4. The highest BCUT2D eigenvalue weighted by atomic mass is 32.1. The Labute approximate surface area is 430 Å². The molecular weight excluding hydrogens is 947 g/mol. The van der Waals surface area contributed by atoms with Crippen LogP contribution in [0.4, 0.5) is 0 Å². The van der Waals surface area contributed by atoms with E-state index in [0.29, 0.717) is 51.7 Å². The Morgan fingerprint density at radius 1 is 0.847 bits per heavy atom. The molecule has 8 unspecified atom stereocenters. The zero-order chi connectivity index (χ0) is 53.2. The number of amides is 7. The van der Waals surface area contributed by atoms with Crippen LogP contribution < -0.4 is 27.2 Å². The normalized spacial score (nSPS) is 16.4. The van der Waals surface area contributed by atoms with E-state index in [1.54, 1.807) is 37.2 Å². The highest BCUT2D eigenvalue weighted by Gasteiger charge is 2.42. The van der Waals surface area contributed by atoms with Crippen LogP contribution in [-0.2, 0) is 59.0 Å². The molecule has 1 saturated heterocycles. The number of likely N-dealkylation sites (tertiary alicyclic amines) is 1. The molecule has 1 aromatic heterocycles. The van der Waals surface area contributed by atoms with Crippen molar-refractivity contribution in [3.63, 3.8) is 0 Å². The van der Waals surface area contributed by atoms with Crippen molar-refractivity contribution in [1.29, 1.82) is 0 Å². The fourth-order valence-corrected chi connectivity index (χ4v) is 9.96. The maximum Gasteiger partial charge on any atom is 0.243 e. The quantitative estimate of drug-likeness (QED) is 0.0500. The molecule has 8 atom stereocenters. The van der Waals surface area contributed by atoms with Crippen LogP contribution in [0, 0.1) is 17.8 Å². The molecule has 1 fully saturated rings. The molecule has 21 heteroatoms. The number of aromatic nitrogens is 1. The van der Waals surface area contributed by atoms with Crippen LogP contribution in [0.15, 0.2) is 41.9 Å². The van der Waals surface area contributed by atoms with Crippen molar-refractivity contribution in [3.8, 4) is 0 Å². The summed E-state index contributed by atoms with van der Waals surface area (Å²) in [5.41, 5.74) is 1.07. The molecule has 404 valence electrons. The molecule has 7 amide bonds. The van der Waals surface area contributed by atoms with Crippen molar-refractivity contribution >= 4 is 52.7 Å². The summed E-state index contributed by atoms with van der Waals surface area (Å²) < 4.78 is 17.2. The van der Waals surface area contributed by atoms with E-state index in [2.05, 4.69) is 31.1 Å². The van der Waals surface area contributed by atoms with Gasteiger partial charge in [-0.3, -0.25) is 33.6 Å². The lowest BCUT2D eigenvalue weighted by Gasteiger charge is -2.39. The number of hydrogen-bond acceptors (Lipinski definition) is 14. The van der Waals surface area contributed by atoms with Gasteiger partial charge < -0.3 is 55.0 Å². The van der Waals surface area contributed by atoms with Gasteiger partial charge in [0.05, 0.1) is 75.6 Å². The van der Waals surface area contributed by atoms with Gasteiger partial charge in [0.15, 0.2) is 0 Å². The molecular formula is C51H83N9O11S. The van der Waals surface area contributed by atoms with Gasteiger partial charge in [0.1, 0.15) is 11.0 Å². The number of methoxy groups -OCH3 is 2. The van der Waals surface area contributed by atoms with Crippen LogP contribution in [0.5, 0.6) is 0 Å². The molecule has 3 rings (SSSR count). The van der Waals surface area contributed by atoms with Gasteiger partial charge >= 0.3 is 0 Å². The second kappa shape index (κ2) is 32.9. The zero-order valence-corrected chi connectivity index (χ0v) is 44.8. The van der Waals surface area contributed by atoms with Crippen LogP contribution in [-0.4, -0.2) is 166 Å². The maximum atomic E-state index is 14.3. The van der Waals surface area contributed by atoms with Crippen LogP contribution in [0.1, 0.15) is 109 Å². The van der Waals surface area contributed by atoms with Gasteiger partial charge in [0, 0.05) is 65.8 Å². The van der Waals surface area contributed by atoms with E-state index in [1.165, 1.54) is 23.3 Å². The van der Waals surface area contributed by atoms with E-state index < -0.39 is 36.1 Å². The number of benzene rings is 1. The number of carbonyl (C=O) groups excluding carboxylic acids is 7. The highest BCUT2D eigenvalue weighted by Crippen LogP contribution is 2.30. The van der Waals surface area contributed by atoms with E-state index in [4.69, 9.17) is 20.1 Å². The summed E-state index contributed by atoms with van der Waals surface area (Å²) in [5.74, 6) is 1.87. The third-order valence-corrected chi connectivity index (χ3v) is 14.3. The number of nitrogens with two attached hydrogens (primary N) is 1. The molecule has 0 radical (unpaired) electrons. The first kappa shape index (κ1) is 61.2. The summed E-state index contributed by atoms with van der Waals surface area (Å²) in [4.78, 5) is 107. The minimum atomic E-state index is -0.847. The van der Waals surface area contributed by atoms with E-state index in [-0.39, 0.29) is 111 Å². The highest BCUT2D eigenvalue weighted by molar-refractivity contribution is 7.09. The van der Waals surface area contributed by atoms with Crippen molar-refractivity contribution in [2.75, 3.05) is 74.3 Å². The average Bonchev–Trinajstić information content (AvgIpc) is 4.10. The second-order valence-corrected chi connectivity index (χ2v) is 19.8. The minimum Gasteiger partial charge on any atom is -0.379 e. The van der Waals surface area contributed by atoms with Gasteiger partial charge in [-0.1, -0.05) is 77.8 Å². The molecule has 0 aliphatic carbocycles. The Morgan fingerprint density at radius 2 is 1.57 bits per heavy atom. The standard InChI is InChI=1S/C51H83N9O11S/c1-10-35(4)47(40(68-8)31-44(64)60-25-17-20-39(60)48(69-9)36(5)49(66)57-38(51-54-24-29-72-51)30-37-18-13-11-14-19-37)59(7)45(65)33-56-50(67)46(34(2)3)58(6)43(63)22-16-12-15-21-41(61)55-32-42(62)53-23-26-70-27-28-71-52/h11,13-14,18-19,24,29,34-36,38-40,46-48H,10,12,15-17,20-23,25-28,30-33,52H2,1-9H3,(H,53,62)(H,55,61)(H,56,67)(H,57,66). The van der Waals surface area contributed by atoms with Gasteiger partial charge in [-0.05, 0) is 49.5 Å². The zero-order valence-electron chi connectivity index (χ0n) is 44.0. The summed E-state index contributed by atoms with van der Waals surface area (Å²) in [6.07, 6.45) is 5.01. The molecule has 2 aromatic rings. The van der Waals surface area contributed by atoms with Crippen LogP contribution >= 0.6 is 11.3 Å². The predicted octanol–water partition coefficient (Wildman–Crippen LogP) is 3.15. The van der Waals surface area contributed by atoms with Gasteiger partial charge in [-0.2, -0.15) is 0 Å². The largest absolute Gasteiger partial charge is 0.379 e. The van der Waals surface area contributed by atoms with Gasteiger partial charge in [-0.25, -0.2) is 10.9 Å². The fourth-order valence-electron chi connectivity index (χ4n) is 9.27. The lowest BCUT2D eigenvalue weighted by Crippen LogP contribution is -2.55. The van der Waals surface area contributed by atoms with Crippen LogP contribution in [0.2, 0.25) is 0 Å². The molecule has 1 aliphatic heterocycles. The van der Waals surface area contributed by atoms with E-state index in [9.17, 15) is 33.6 Å². The maximum absolute atomic E-state index is 14.3. The lowest BCUT2D eigenvalue weighted by molar-refractivity contribution is -0.146. The summed E-state index contributed by atoms with van der Waals surface area (Å²) >= 11 is 1.48. The second-order valence-electron chi connectivity index (χ2n) is 18.8. The summed E-state index contributed by atoms with van der Waals surface area (Å²) in [6, 6.07) is 7.84. The first-order valence-electron chi connectivity index (χ1n) is 25.3. The predicted molar refractivity (Wildman–Crippen MR) is 274 cm³/mol. The van der Waals surface area contributed by atoms with Crippen molar-refractivity contribution in [2.45, 2.75) is 135 Å². The molecule has 2 heterocycles. The summed E-state index contributed by atoms with van der Waals surface area (Å²) in [5, 5.41) is 13.9. The lowest BCUT2D eigenvalue weighted by atomic mass is 9.90. The number of nitrogens with one attached hydrogen (secondary N) is 4. The SMILES string of the molecule is CCC(C)C(C(CC(=O)N1CCCC1C(OC)C(C)C(=O)NC(Cc1ccccc1)c1nccs1)OC)N(C)C(=O)CNC(=O)C(C(C)C)N(C)C(=O)CCCCCC(=O)NCC(=O)NCCOCCON. The third kappa shape index (κ3) is 19.8. The monoisotopic (exact) mass is 1030 g/mol. The van der Waals surface area contributed by atoms with Crippen molar-refractivity contribution in [3.05, 3.63) is 52.5 Å². The van der Waals surface area contributed by atoms with Gasteiger partial charge in [-0.15, -0.1) is 11.3 Å². The number of thiazole rings is 1. The number of rotatable bonds is 34. The summed E-state index contributed by atoms with van der Waals surface area (Å²) in [6.45, 7) is 10.6. The first-order chi connectivity index (χ1) is 34.5. The molecule has 0 saturated carbocycles. The molecule has 72 heavy (non-hydrogen) atoms. The first-order valence-corrected chi connectivity index (χ1v) is 26.2. The number of unbranched alkanes of at least 4 members (excludes halogenated alkanes) is 2. The van der Waals surface area contributed by atoms with Crippen molar-refractivity contribution < 1.29 is 52.6 Å². The topological polar surface area (TPSA) is 253 Å². The van der Waals surface area contributed by atoms with Crippen LogP contribution in [0.25, 0.3) is 0 Å². The van der Waals surface area contributed by atoms with Crippen molar-refractivity contribution in [2.24, 2.45) is 23.7 Å². The number of hydrogen-bond donors (Lipinski definition) is 5. The van der Waals surface area contributed by atoms with Gasteiger partial charge in [0.2, 0.25) is 41.4 Å². The molecule has 1 aliphatic rings. The fraction of sp³-hybridized carbons (Fsp3) is 0.686. The van der Waals surface area contributed by atoms with E-state index in [1.807, 2.05) is 70.3 Å². The Morgan fingerprint density at radius 3 is 2.21 bits per heavy atom. The molecule has 20 nitrogen and oxygen atoms in total. The average molecular weight is 1030 g/mol. The Balaban J connectivity index is 1.54.